The third-order valence-electron chi connectivity index (χ3n) is 4.42. The Balaban J connectivity index is 1.99. The molecule has 0 aromatic carbocycles. The van der Waals surface area contributed by atoms with E-state index in [4.69, 9.17) is 12.6 Å². The summed E-state index contributed by atoms with van der Waals surface area (Å²) in [6.45, 7) is 4.12. The van der Waals surface area contributed by atoms with Gasteiger partial charge in [0.15, 0.2) is 0 Å². The quantitative estimate of drug-likeness (QED) is 0.516. The van der Waals surface area contributed by atoms with E-state index >= 15 is 0 Å². The van der Waals surface area contributed by atoms with Crippen LogP contribution >= 0.6 is 0 Å². The van der Waals surface area contributed by atoms with E-state index in [0.29, 0.717) is 12.8 Å². The van der Waals surface area contributed by atoms with Gasteiger partial charge in [0, 0.05) is 11.4 Å². The molecule has 70 valence electrons. The average Bonchev–Trinajstić information content (AvgIpc) is 2.27. The molecule has 0 amide bonds. The highest BCUT2D eigenvalue weighted by Gasteiger charge is 2.80. The predicted octanol–water partition coefficient (Wildman–Crippen LogP) is 1.80. The molecule has 1 aliphatic heterocycles. The molecule has 0 spiro atoms. The third-order valence-corrected chi connectivity index (χ3v) is 4.42. The van der Waals surface area contributed by atoms with Gasteiger partial charge in [-0.25, -0.2) is 4.39 Å². The van der Waals surface area contributed by atoms with Crippen molar-refractivity contribution in [3.63, 3.8) is 0 Å². The number of fused-ring (bicyclic) bond motifs is 3. The van der Waals surface area contributed by atoms with E-state index in [0.717, 1.165) is 6.42 Å². The molecular formula is C10H14BFO. The van der Waals surface area contributed by atoms with Crippen molar-refractivity contribution in [1.29, 1.82) is 0 Å². The van der Waals surface area contributed by atoms with Crippen molar-refractivity contribution < 1.29 is 9.13 Å². The lowest BCUT2D eigenvalue weighted by molar-refractivity contribution is 0.0109. The lowest BCUT2D eigenvalue weighted by Gasteiger charge is -2.27. The summed E-state index contributed by atoms with van der Waals surface area (Å²) in [5.41, 5.74) is -1.16. The van der Waals surface area contributed by atoms with Gasteiger partial charge in [0.25, 0.3) is 0 Å². The number of alkyl halides is 1. The van der Waals surface area contributed by atoms with Crippen LogP contribution in [0.3, 0.4) is 0 Å². The van der Waals surface area contributed by atoms with Gasteiger partial charge < -0.3 is 4.74 Å². The summed E-state index contributed by atoms with van der Waals surface area (Å²) in [7, 11) is 5.75. The Bertz CT molecular complexity index is 284. The summed E-state index contributed by atoms with van der Waals surface area (Å²) in [4.78, 5) is 0. The van der Waals surface area contributed by atoms with Crippen molar-refractivity contribution >= 4 is 7.85 Å². The van der Waals surface area contributed by atoms with Gasteiger partial charge in [-0.3, -0.25) is 0 Å². The molecule has 5 unspecified atom stereocenters. The highest BCUT2D eigenvalue weighted by atomic mass is 19.1. The fourth-order valence-corrected chi connectivity index (χ4v) is 3.81. The Morgan fingerprint density at radius 2 is 2.08 bits per heavy atom. The van der Waals surface area contributed by atoms with Crippen LogP contribution in [0.25, 0.3) is 0 Å². The number of hydrogen-bond donors (Lipinski definition) is 0. The normalized spacial score (nSPS) is 69.2. The summed E-state index contributed by atoms with van der Waals surface area (Å²) >= 11 is 0. The van der Waals surface area contributed by atoms with Crippen molar-refractivity contribution in [2.24, 2.45) is 10.8 Å². The van der Waals surface area contributed by atoms with Crippen LogP contribution < -0.4 is 0 Å². The smallest absolute Gasteiger partial charge is 0.120 e. The van der Waals surface area contributed by atoms with E-state index in [1.54, 1.807) is 0 Å². The van der Waals surface area contributed by atoms with Crippen LogP contribution in [0.5, 0.6) is 0 Å². The maximum absolute atomic E-state index is 14.0. The molecule has 3 fully saturated rings. The lowest BCUT2D eigenvalue weighted by atomic mass is 9.76. The Morgan fingerprint density at radius 1 is 1.38 bits per heavy atom. The molecule has 5 atom stereocenters. The first kappa shape index (κ1) is 8.28. The Labute approximate surface area is 79.4 Å². The van der Waals surface area contributed by atoms with Crippen LogP contribution in [-0.2, 0) is 4.74 Å². The summed E-state index contributed by atoms with van der Waals surface area (Å²) in [6.07, 6.45) is 2.20. The van der Waals surface area contributed by atoms with Crippen LogP contribution in [0.4, 0.5) is 4.39 Å². The largest absolute Gasteiger partial charge is 0.383 e. The number of halogens is 1. The van der Waals surface area contributed by atoms with Crippen LogP contribution in [0.1, 0.15) is 33.1 Å². The van der Waals surface area contributed by atoms with Crippen LogP contribution in [-0.4, -0.2) is 25.6 Å². The summed E-state index contributed by atoms with van der Waals surface area (Å²) < 4.78 is 19.7. The average molecular weight is 180 g/mol. The molecule has 1 saturated heterocycles. The molecule has 3 heteroatoms. The second kappa shape index (κ2) is 1.84. The molecular weight excluding hydrogens is 166 g/mol. The molecule has 1 heterocycles. The van der Waals surface area contributed by atoms with Gasteiger partial charge in [-0.2, -0.15) is 0 Å². The van der Waals surface area contributed by atoms with E-state index < -0.39 is 5.67 Å². The molecule has 0 aromatic rings. The van der Waals surface area contributed by atoms with Crippen molar-refractivity contribution in [3.05, 3.63) is 0 Å². The molecule has 1 nitrogen and oxygen atoms in total. The van der Waals surface area contributed by atoms with Gasteiger partial charge in [0.2, 0.25) is 0 Å². The lowest BCUT2D eigenvalue weighted by Crippen LogP contribution is -2.29. The van der Waals surface area contributed by atoms with Crippen molar-refractivity contribution in [2.75, 3.05) is 0 Å². The molecule has 3 aliphatic rings. The van der Waals surface area contributed by atoms with E-state index in [9.17, 15) is 4.39 Å². The zero-order valence-corrected chi connectivity index (χ0v) is 8.14. The van der Waals surface area contributed by atoms with Crippen LogP contribution in [0.15, 0.2) is 0 Å². The molecule has 3 rings (SSSR count). The number of hydrogen-bond acceptors (Lipinski definition) is 1. The first-order chi connectivity index (χ1) is 5.90. The molecule has 2 saturated carbocycles. The summed E-state index contributed by atoms with van der Waals surface area (Å²) in [5, 5.41) is 0. The Hall–Kier alpha value is -0.0451. The van der Waals surface area contributed by atoms with E-state index in [-0.39, 0.29) is 22.9 Å². The monoisotopic (exact) mass is 180 g/mol. The van der Waals surface area contributed by atoms with Gasteiger partial charge in [-0.05, 0) is 24.7 Å². The van der Waals surface area contributed by atoms with Crippen molar-refractivity contribution in [1.82, 2.24) is 0 Å². The molecule has 0 N–H and O–H groups in total. The van der Waals surface area contributed by atoms with E-state index in [1.807, 2.05) is 6.92 Å². The standard InChI is InChI=1S/C10H14BFO/c1-8-3-6(11)13-7(8)9(2)5-10(9,12)4-8/h6-7H,3-5H2,1-2H3. The zero-order valence-electron chi connectivity index (χ0n) is 8.14. The van der Waals surface area contributed by atoms with Crippen molar-refractivity contribution in [2.45, 2.75) is 50.9 Å². The summed E-state index contributed by atoms with van der Waals surface area (Å²) in [5.74, 6) is 0. The Kier molecular flexibility index (Phi) is 1.17. The SMILES string of the molecule is [B]C1CC2(C)CC3(F)CC3(C)C2O1. The Morgan fingerprint density at radius 3 is 2.69 bits per heavy atom. The highest BCUT2D eigenvalue weighted by Crippen LogP contribution is 2.76. The summed E-state index contributed by atoms with van der Waals surface area (Å²) in [6, 6.07) is -0.169. The van der Waals surface area contributed by atoms with Gasteiger partial charge >= 0.3 is 0 Å². The molecule has 2 aliphatic carbocycles. The van der Waals surface area contributed by atoms with Gasteiger partial charge in [0.1, 0.15) is 13.5 Å². The maximum Gasteiger partial charge on any atom is 0.120 e. The van der Waals surface area contributed by atoms with Gasteiger partial charge in [0.05, 0.1) is 6.10 Å². The first-order valence-corrected chi connectivity index (χ1v) is 5.00. The molecule has 0 bridgehead atoms. The fraction of sp³-hybridized carbons (Fsp3) is 1.00. The maximum atomic E-state index is 14.0. The number of rotatable bonds is 0. The minimum Gasteiger partial charge on any atom is -0.383 e. The molecule has 2 radical (unpaired) electrons. The van der Waals surface area contributed by atoms with Crippen molar-refractivity contribution in [3.8, 4) is 0 Å². The van der Waals surface area contributed by atoms with E-state index in [2.05, 4.69) is 6.92 Å². The third kappa shape index (κ3) is 0.742. The topological polar surface area (TPSA) is 9.23 Å². The van der Waals surface area contributed by atoms with E-state index in [1.165, 1.54) is 0 Å². The zero-order chi connectivity index (χ0) is 9.48. The minimum atomic E-state index is -0.938. The molecule has 0 aromatic heterocycles. The van der Waals surface area contributed by atoms with Crippen LogP contribution in [0.2, 0.25) is 0 Å². The number of ether oxygens (including phenoxy) is 1. The van der Waals surface area contributed by atoms with Gasteiger partial charge in [-0.15, -0.1) is 0 Å². The van der Waals surface area contributed by atoms with Gasteiger partial charge in [-0.1, -0.05) is 13.8 Å². The second-order valence-corrected chi connectivity index (χ2v) is 5.65. The first-order valence-electron chi connectivity index (χ1n) is 5.00. The fourth-order valence-electron chi connectivity index (χ4n) is 3.81. The predicted molar refractivity (Wildman–Crippen MR) is 48.3 cm³/mol. The second-order valence-electron chi connectivity index (χ2n) is 5.65. The highest BCUT2D eigenvalue weighted by molar-refractivity contribution is 6.11. The van der Waals surface area contributed by atoms with Crippen LogP contribution in [0, 0.1) is 10.8 Å². The minimum absolute atomic E-state index is 0.00116. The molecule has 13 heavy (non-hydrogen) atoms.